The molecule has 0 atom stereocenters. The lowest BCUT2D eigenvalue weighted by Crippen LogP contribution is -2.38. The first-order valence-corrected chi connectivity index (χ1v) is 7.10. The zero-order chi connectivity index (χ0) is 16.4. The highest BCUT2D eigenvalue weighted by Crippen LogP contribution is 2.29. The first kappa shape index (κ1) is 15.4. The number of aryl methyl sites for hydroxylation is 1. The number of carbonyl (C=O) groups excluding carboxylic acids is 1. The predicted molar refractivity (Wildman–Crippen MR) is 73.0 cm³/mol. The van der Waals surface area contributed by atoms with E-state index in [2.05, 4.69) is 15.1 Å². The topological polar surface area (TPSA) is 63.9 Å². The van der Waals surface area contributed by atoms with Crippen LogP contribution in [-0.2, 0) is 30.5 Å². The maximum atomic E-state index is 12.7. The Morgan fingerprint density at radius 3 is 2.83 bits per heavy atom. The first-order chi connectivity index (χ1) is 10.9. The molecule has 0 fully saturated rings. The van der Waals surface area contributed by atoms with Gasteiger partial charge in [0.25, 0.3) is 0 Å². The second-order valence-corrected chi connectivity index (χ2v) is 5.26. The van der Waals surface area contributed by atoms with E-state index in [4.69, 9.17) is 0 Å². The van der Waals surface area contributed by atoms with Crippen molar-refractivity contribution in [2.45, 2.75) is 32.1 Å². The monoisotopic (exact) mass is 325 g/mol. The van der Waals surface area contributed by atoms with E-state index in [0.717, 1.165) is 11.8 Å². The summed E-state index contributed by atoms with van der Waals surface area (Å²) in [7, 11) is 0. The molecule has 0 radical (unpaired) electrons. The third-order valence-corrected chi connectivity index (χ3v) is 3.68. The lowest BCUT2D eigenvalue weighted by Gasteiger charge is -2.27. The van der Waals surface area contributed by atoms with Crippen LogP contribution in [-0.4, -0.2) is 37.1 Å². The Kier molecular flexibility index (Phi) is 4.01. The van der Waals surface area contributed by atoms with Crippen LogP contribution in [0.1, 0.15) is 23.5 Å². The highest BCUT2D eigenvalue weighted by Gasteiger charge is 2.36. The number of nitrogens with zero attached hydrogens (tertiary/aromatic N) is 5. The lowest BCUT2D eigenvalue weighted by atomic mass is 10.2. The van der Waals surface area contributed by atoms with Crippen molar-refractivity contribution >= 4 is 5.91 Å². The maximum absolute atomic E-state index is 12.7. The van der Waals surface area contributed by atoms with Gasteiger partial charge in [0.15, 0.2) is 5.69 Å². The molecule has 0 aliphatic carbocycles. The largest absolute Gasteiger partial charge is 0.435 e. The zero-order valence-electron chi connectivity index (χ0n) is 12.1. The molecule has 0 bridgehead atoms. The Morgan fingerprint density at radius 2 is 2.13 bits per heavy atom. The van der Waals surface area contributed by atoms with Gasteiger partial charge < -0.3 is 4.90 Å². The summed E-state index contributed by atoms with van der Waals surface area (Å²) in [6.45, 7) is 0.769. The van der Waals surface area contributed by atoms with Crippen LogP contribution in [0.2, 0.25) is 0 Å². The third-order valence-electron chi connectivity index (χ3n) is 3.68. The molecule has 2 aromatic heterocycles. The van der Waals surface area contributed by atoms with Gasteiger partial charge in [-0.05, 0) is 18.6 Å². The molecule has 1 aliphatic rings. The van der Waals surface area contributed by atoms with Gasteiger partial charge in [0.05, 0.1) is 18.8 Å². The minimum Gasteiger partial charge on any atom is -0.335 e. The fourth-order valence-electron chi connectivity index (χ4n) is 2.48. The fraction of sp³-hybridized carbons (Fsp3) is 0.429. The van der Waals surface area contributed by atoms with Crippen LogP contribution < -0.4 is 0 Å². The van der Waals surface area contributed by atoms with Crippen LogP contribution in [0.4, 0.5) is 13.2 Å². The minimum absolute atomic E-state index is 0.107. The van der Waals surface area contributed by atoms with Crippen LogP contribution in [0.3, 0.4) is 0 Å². The van der Waals surface area contributed by atoms with Gasteiger partial charge in [0, 0.05) is 24.9 Å². The van der Waals surface area contributed by atoms with Crippen molar-refractivity contribution in [3.8, 4) is 0 Å². The summed E-state index contributed by atoms with van der Waals surface area (Å²) in [6, 6.07) is 2.73. The molecule has 2 aromatic rings. The SMILES string of the molecule is O=C(CCc1ccncn1)N1CCn2nc(C(F)(F)F)cc2C1. The molecule has 23 heavy (non-hydrogen) atoms. The van der Waals surface area contributed by atoms with E-state index in [1.165, 1.54) is 11.0 Å². The highest BCUT2D eigenvalue weighted by molar-refractivity contribution is 5.76. The Labute approximate surface area is 130 Å². The molecular weight excluding hydrogens is 311 g/mol. The standard InChI is InChI=1S/C14H14F3N5O/c15-14(16,17)12-7-11-8-21(5-6-22(11)20-12)13(23)2-1-10-3-4-18-9-19-10/h3-4,7,9H,1-2,5-6,8H2. The molecule has 1 amide bonds. The van der Waals surface area contributed by atoms with Gasteiger partial charge in [0.1, 0.15) is 6.33 Å². The van der Waals surface area contributed by atoms with Crippen molar-refractivity contribution in [3.63, 3.8) is 0 Å². The van der Waals surface area contributed by atoms with E-state index in [1.54, 1.807) is 17.2 Å². The van der Waals surface area contributed by atoms with Gasteiger partial charge in [-0.25, -0.2) is 9.97 Å². The van der Waals surface area contributed by atoms with Crippen molar-refractivity contribution in [2.75, 3.05) is 6.54 Å². The molecular formula is C14H14F3N5O. The number of fused-ring (bicyclic) bond motifs is 1. The molecule has 6 nitrogen and oxygen atoms in total. The first-order valence-electron chi connectivity index (χ1n) is 7.10. The molecule has 0 saturated carbocycles. The van der Waals surface area contributed by atoms with E-state index in [9.17, 15) is 18.0 Å². The van der Waals surface area contributed by atoms with Gasteiger partial charge in [-0.15, -0.1) is 0 Å². The van der Waals surface area contributed by atoms with Crippen molar-refractivity contribution in [1.29, 1.82) is 0 Å². The van der Waals surface area contributed by atoms with Crippen LogP contribution >= 0.6 is 0 Å². The Morgan fingerprint density at radius 1 is 1.30 bits per heavy atom. The summed E-state index contributed by atoms with van der Waals surface area (Å²) in [5.41, 5.74) is 0.247. The number of rotatable bonds is 3. The van der Waals surface area contributed by atoms with E-state index in [1.807, 2.05) is 0 Å². The molecule has 1 aliphatic heterocycles. The van der Waals surface area contributed by atoms with Crippen molar-refractivity contribution < 1.29 is 18.0 Å². The molecule has 3 rings (SSSR count). The summed E-state index contributed by atoms with van der Waals surface area (Å²) in [5, 5.41) is 3.55. The normalized spacial score (nSPS) is 14.7. The fourth-order valence-corrected chi connectivity index (χ4v) is 2.48. The van der Waals surface area contributed by atoms with Gasteiger partial charge in [-0.2, -0.15) is 18.3 Å². The number of carbonyl (C=O) groups is 1. The number of halogens is 3. The van der Waals surface area contributed by atoms with Crippen LogP contribution in [0.15, 0.2) is 24.7 Å². The number of alkyl halides is 3. The number of amides is 1. The van der Waals surface area contributed by atoms with E-state index >= 15 is 0 Å². The third kappa shape index (κ3) is 3.49. The van der Waals surface area contributed by atoms with Gasteiger partial charge >= 0.3 is 6.18 Å². The molecule has 0 unspecified atom stereocenters. The van der Waals surface area contributed by atoms with Crippen molar-refractivity contribution in [2.24, 2.45) is 0 Å². The second kappa shape index (κ2) is 5.98. The zero-order valence-corrected chi connectivity index (χ0v) is 12.1. The van der Waals surface area contributed by atoms with Crippen molar-refractivity contribution in [1.82, 2.24) is 24.6 Å². The lowest BCUT2D eigenvalue weighted by molar-refractivity contribution is -0.141. The molecule has 3 heterocycles. The summed E-state index contributed by atoms with van der Waals surface area (Å²) in [4.78, 5) is 21.6. The summed E-state index contributed by atoms with van der Waals surface area (Å²) in [5.74, 6) is -0.107. The Hall–Kier alpha value is -2.45. The molecule has 0 spiro atoms. The summed E-state index contributed by atoms with van der Waals surface area (Å²) in [6.07, 6.45) is -0.711. The van der Waals surface area contributed by atoms with E-state index in [0.29, 0.717) is 18.7 Å². The average Bonchev–Trinajstić information content (AvgIpc) is 2.97. The maximum Gasteiger partial charge on any atom is 0.435 e. The van der Waals surface area contributed by atoms with Crippen molar-refractivity contribution in [3.05, 3.63) is 41.7 Å². The van der Waals surface area contributed by atoms with Gasteiger partial charge in [-0.3, -0.25) is 9.48 Å². The summed E-state index contributed by atoms with van der Waals surface area (Å²) >= 11 is 0. The Bertz CT molecular complexity index is 698. The molecule has 122 valence electrons. The Balaban J connectivity index is 1.62. The van der Waals surface area contributed by atoms with E-state index in [-0.39, 0.29) is 25.4 Å². The van der Waals surface area contributed by atoms with E-state index < -0.39 is 11.9 Å². The molecule has 0 aromatic carbocycles. The average molecular weight is 325 g/mol. The minimum atomic E-state index is -4.47. The van der Waals surface area contributed by atoms with Crippen LogP contribution in [0.25, 0.3) is 0 Å². The van der Waals surface area contributed by atoms with Crippen LogP contribution in [0, 0.1) is 0 Å². The number of hydrogen-bond acceptors (Lipinski definition) is 4. The van der Waals surface area contributed by atoms with Gasteiger partial charge in [0.2, 0.25) is 5.91 Å². The molecule has 9 heteroatoms. The number of hydrogen-bond donors (Lipinski definition) is 0. The summed E-state index contributed by atoms with van der Waals surface area (Å²) < 4.78 is 39.3. The smallest absolute Gasteiger partial charge is 0.335 e. The number of aromatic nitrogens is 4. The second-order valence-electron chi connectivity index (χ2n) is 5.26. The molecule has 0 N–H and O–H groups in total. The van der Waals surface area contributed by atoms with Gasteiger partial charge in [-0.1, -0.05) is 0 Å². The predicted octanol–water partition coefficient (Wildman–Crippen LogP) is 1.67. The molecule has 0 saturated heterocycles. The quantitative estimate of drug-likeness (QED) is 0.861. The van der Waals surface area contributed by atoms with Crippen LogP contribution in [0.5, 0.6) is 0 Å². The highest BCUT2D eigenvalue weighted by atomic mass is 19.4.